The number of aromatic nitrogens is 5. The lowest BCUT2D eigenvalue weighted by atomic mass is 9.60. The quantitative estimate of drug-likeness (QED) is 0.264. The van der Waals surface area contributed by atoms with Crippen LogP contribution in [-0.4, -0.2) is 69.4 Å². The topological polar surface area (TPSA) is 112 Å². The van der Waals surface area contributed by atoms with Crippen LogP contribution >= 0.6 is 0 Å². The molecule has 6 rings (SSSR count). The van der Waals surface area contributed by atoms with Crippen LogP contribution in [0, 0.1) is 18.2 Å². The minimum absolute atomic E-state index is 0.0969. The summed E-state index contributed by atoms with van der Waals surface area (Å²) < 4.78 is 51.5. The summed E-state index contributed by atoms with van der Waals surface area (Å²) >= 11 is 0. The Bertz CT molecular complexity index is 1810. The maximum absolute atomic E-state index is 14.6. The Hall–Kier alpha value is -4.00. The van der Waals surface area contributed by atoms with E-state index in [0.717, 1.165) is 22.4 Å². The summed E-state index contributed by atoms with van der Waals surface area (Å²) in [6.45, 7) is 2.25. The third kappa shape index (κ3) is 5.23. The van der Waals surface area contributed by atoms with Gasteiger partial charge in [-0.15, -0.1) is 0 Å². The first-order chi connectivity index (χ1) is 20.6. The zero-order chi connectivity index (χ0) is 30.4. The number of halogens is 1. The second-order valence-corrected chi connectivity index (χ2v) is 13.2. The molecule has 0 bridgehead atoms. The molecule has 3 heterocycles. The summed E-state index contributed by atoms with van der Waals surface area (Å²) in [6.07, 6.45) is 9.84. The summed E-state index contributed by atoms with van der Waals surface area (Å²) in [5, 5.41) is 8.68. The molecule has 0 aliphatic heterocycles. The number of rotatable bonds is 9. The van der Waals surface area contributed by atoms with Gasteiger partial charge in [0.2, 0.25) is 10.0 Å². The first-order valence-corrected chi connectivity index (χ1v) is 15.6. The zero-order valence-electron chi connectivity index (χ0n) is 24.3. The average Bonchev–Trinajstić information content (AvgIpc) is 3.62. The normalized spacial score (nSPS) is 20.0. The number of allylic oxidation sites excluding steroid dienone is 1. The minimum atomic E-state index is -3.93. The molecule has 4 aromatic rings. The number of carbonyl (C=O) groups is 1. The van der Waals surface area contributed by atoms with Crippen LogP contribution in [0.1, 0.15) is 46.6 Å². The van der Waals surface area contributed by atoms with Gasteiger partial charge in [-0.25, -0.2) is 17.5 Å². The van der Waals surface area contributed by atoms with Crippen molar-refractivity contribution in [2.45, 2.75) is 43.5 Å². The monoisotopic (exact) mass is 604 g/mol. The Labute approximate surface area is 249 Å². The number of methoxy groups -OCH3 is 1. The highest BCUT2D eigenvalue weighted by Gasteiger charge is 2.51. The molecule has 10 nitrogen and oxygen atoms in total. The van der Waals surface area contributed by atoms with Crippen LogP contribution in [0.15, 0.2) is 71.7 Å². The van der Waals surface area contributed by atoms with Gasteiger partial charge in [0.25, 0.3) is 0 Å². The van der Waals surface area contributed by atoms with E-state index < -0.39 is 21.5 Å². The lowest BCUT2D eigenvalue weighted by Gasteiger charge is -2.46. The van der Waals surface area contributed by atoms with Crippen LogP contribution in [0.5, 0.6) is 0 Å². The Morgan fingerprint density at radius 2 is 1.98 bits per heavy atom. The molecule has 1 fully saturated rings. The summed E-state index contributed by atoms with van der Waals surface area (Å²) in [5.74, 6) is -0.478. The van der Waals surface area contributed by atoms with Crippen LogP contribution in [-0.2, 0) is 28.2 Å². The van der Waals surface area contributed by atoms with Crippen LogP contribution in [0.4, 0.5) is 4.39 Å². The van der Waals surface area contributed by atoms with E-state index in [4.69, 9.17) is 4.74 Å². The first kappa shape index (κ1) is 29.1. The second-order valence-electron chi connectivity index (χ2n) is 11.3. The molecule has 0 N–H and O–H groups in total. The number of Topliss-reactive ketones (excluding diaryl/α,β-unsaturated/α-hetero) is 1. The SMILES string of the molecule is COCCN([C@H]1CCC2=Cc3c(cnn3-c3ccc(F)cc3)C[C@]2(C(=O)c2cc(C)ccn2)C1)S(=O)(=O)c1cnn(C)c1. The molecule has 1 aromatic carbocycles. The summed E-state index contributed by atoms with van der Waals surface area (Å²) in [4.78, 5) is 19.1. The van der Waals surface area contributed by atoms with E-state index in [1.165, 1.54) is 40.6 Å². The van der Waals surface area contributed by atoms with E-state index >= 15 is 0 Å². The van der Waals surface area contributed by atoms with E-state index in [0.29, 0.717) is 30.6 Å². The van der Waals surface area contributed by atoms with Gasteiger partial charge in [-0.05, 0) is 86.2 Å². The lowest BCUT2D eigenvalue weighted by molar-refractivity contribution is 0.0720. The van der Waals surface area contributed by atoms with Crippen molar-refractivity contribution in [3.63, 3.8) is 0 Å². The van der Waals surface area contributed by atoms with Crippen molar-refractivity contribution < 1.29 is 22.3 Å². The molecule has 2 aliphatic carbocycles. The van der Waals surface area contributed by atoms with Crippen molar-refractivity contribution >= 4 is 21.9 Å². The molecule has 0 amide bonds. The molecule has 3 aromatic heterocycles. The average molecular weight is 605 g/mol. The van der Waals surface area contributed by atoms with Crippen molar-refractivity contribution in [2.75, 3.05) is 20.3 Å². The van der Waals surface area contributed by atoms with Crippen molar-refractivity contribution in [3.05, 3.63) is 95.1 Å². The van der Waals surface area contributed by atoms with Crippen molar-refractivity contribution in [2.24, 2.45) is 12.5 Å². The summed E-state index contributed by atoms with van der Waals surface area (Å²) in [6, 6.07) is 9.26. The number of aryl methyl sites for hydroxylation is 2. The number of hydrogen-bond donors (Lipinski definition) is 0. The number of fused-ring (bicyclic) bond motifs is 2. The van der Waals surface area contributed by atoms with Gasteiger partial charge in [0.1, 0.15) is 16.4 Å². The van der Waals surface area contributed by atoms with Gasteiger partial charge in [-0.2, -0.15) is 14.5 Å². The maximum Gasteiger partial charge on any atom is 0.246 e. The molecular formula is C31H33FN6O4S. The van der Waals surface area contributed by atoms with Gasteiger partial charge >= 0.3 is 0 Å². The van der Waals surface area contributed by atoms with Gasteiger partial charge in [0, 0.05) is 39.1 Å². The third-order valence-corrected chi connectivity index (χ3v) is 10.4. The van der Waals surface area contributed by atoms with E-state index in [2.05, 4.69) is 15.2 Å². The summed E-state index contributed by atoms with van der Waals surface area (Å²) in [7, 11) is -0.728. The molecule has 0 saturated heterocycles. The summed E-state index contributed by atoms with van der Waals surface area (Å²) in [5.41, 5.74) is 3.55. The molecule has 224 valence electrons. The molecule has 0 radical (unpaired) electrons. The highest BCUT2D eigenvalue weighted by molar-refractivity contribution is 7.89. The second kappa shape index (κ2) is 11.3. The standard InChI is InChI=1S/C31H33FN6O4S/c1-21-10-11-33-28(14-21)30(39)31-16-22-18-35-38(25-8-5-24(32)6-9-25)29(22)15-23(31)4-7-26(17-31)37(12-13-42-3)43(40,41)27-19-34-36(2)20-27/h5-6,8-11,14-15,18-20,26H,4,7,12-13,16-17H2,1-3H3/t26-,31-/m0/s1. The van der Waals surface area contributed by atoms with E-state index in [1.54, 1.807) is 42.3 Å². The Balaban J connectivity index is 1.44. The largest absolute Gasteiger partial charge is 0.383 e. The van der Waals surface area contributed by atoms with Gasteiger partial charge in [-0.1, -0.05) is 5.57 Å². The van der Waals surface area contributed by atoms with Crippen molar-refractivity contribution in [1.82, 2.24) is 28.9 Å². The number of ether oxygens (including phenoxy) is 1. The number of ketones is 1. The van der Waals surface area contributed by atoms with Gasteiger partial charge in [-0.3, -0.25) is 14.5 Å². The number of carbonyl (C=O) groups excluding carboxylic acids is 1. The molecule has 2 aliphatic rings. The zero-order valence-corrected chi connectivity index (χ0v) is 25.1. The first-order valence-electron chi connectivity index (χ1n) is 14.1. The molecule has 43 heavy (non-hydrogen) atoms. The van der Waals surface area contributed by atoms with E-state index in [9.17, 15) is 17.6 Å². The van der Waals surface area contributed by atoms with Crippen molar-refractivity contribution in [1.29, 1.82) is 0 Å². The fourth-order valence-corrected chi connectivity index (χ4v) is 7.99. The Kier molecular flexibility index (Phi) is 7.61. The fourth-order valence-electron chi connectivity index (χ4n) is 6.37. The van der Waals surface area contributed by atoms with E-state index in [-0.39, 0.29) is 36.1 Å². The van der Waals surface area contributed by atoms with Crippen molar-refractivity contribution in [3.8, 4) is 5.69 Å². The highest BCUT2D eigenvalue weighted by Crippen LogP contribution is 2.51. The van der Waals surface area contributed by atoms with Crippen LogP contribution < -0.4 is 0 Å². The minimum Gasteiger partial charge on any atom is -0.383 e. The number of hydrogen-bond acceptors (Lipinski definition) is 7. The Morgan fingerprint density at radius 1 is 1.19 bits per heavy atom. The van der Waals surface area contributed by atoms with Crippen LogP contribution in [0.2, 0.25) is 0 Å². The Morgan fingerprint density at radius 3 is 2.67 bits per heavy atom. The van der Waals surface area contributed by atoms with E-state index in [1.807, 2.05) is 19.1 Å². The van der Waals surface area contributed by atoms with Gasteiger partial charge in [0.05, 0.1) is 35.8 Å². The maximum atomic E-state index is 14.6. The number of sulfonamides is 1. The number of pyridine rings is 1. The molecular weight excluding hydrogens is 571 g/mol. The molecule has 1 saturated carbocycles. The van der Waals surface area contributed by atoms with Crippen LogP contribution in [0.25, 0.3) is 11.8 Å². The smallest absolute Gasteiger partial charge is 0.246 e. The molecule has 2 atom stereocenters. The fraction of sp³-hybridized carbons (Fsp3) is 0.355. The lowest BCUT2D eigenvalue weighted by Crippen LogP contribution is -2.51. The number of benzene rings is 1. The van der Waals surface area contributed by atoms with Gasteiger partial charge < -0.3 is 4.74 Å². The predicted octanol–water partition coefficient (Wildman–Crippen LogP) is 4.15. The molecule has 0 unspecified atom stereocenters. The highest BCUT2D eigenvalue weighted by atomic mass is 32.2. The van der Waals surface area contributed by atoms with Crippen LogP contribution in [0.3, 0.4) is 0 Å². The molecule has 12 heteroatoms. The number of nitrogens with zero attached hydrogens (tertiary/aromatic N) is 6. The molecule has 0 spiro atoms. The predicted molar refractivity (Wildman–Crippen MR) is 158 cm³/mol. The van der Waals surface area contributed by atoms with Gasteiger partial charge in [0.15, 0.2) is 5.78 Å². The third-order valence-electron chi connectivity index (χ3n) is 8.50.